The lowest BCUT2D eigenvalue weighted by Crippen LogP contribution is -2.50. The molecule has 2 aliphatic rings. The Labute approximate surface area is 80.2 Å². The maximum atomic E-state index is 5.57. The van der Waals surface area contributed by atoms with Crippen molar-refractivity contribution in [3.8, 4) is 0 Å². The van der Waals surface area contributed by atoms with Gasteiger partial charge in [-0.1, -0.05) is 0 Å². The minimum Gasteiger partial charge on any atom is -0.378 e. The molecule has 0 spiro atoms. The van der Waals surface area contributed by atoms with Crippen molar-refractivity contribution in [2.24, 2.45) is 11.7 Å². The topological polar surface area (TPSA) is 38.5 Å². The molecule has 2 rings (SSSR count). The summed E-state index contributed by atoms with van der Waals surface area (Å²) in [6.07, 6.45) is 4.30. The van der Waals surface area contributed by atoms with Gasteiger partial charge in [-0.3, -0.25) is 0 Å². The van der Waals surface area contributed by atoms with Crippen molar-refractivity contribution < 1.29 is 4.74 Å². The molecule has 3 nitrogen and oxygen atoms in total. The third-order valence-corrected chi connectivity index (χ3v) is 3.16. The van der Waals surface area contributed by atoms with Crippen LogP contribution in [0.4, 0.5) is 0 Å². The van der Waals surface area contributed by atoms with Crippen LogP contribution in [0.2, 0.25) is 0 Å². The molecular weight excluding hydrogens is 164 g/mol. The standard InChI is InChI=1S/C10H20N2O/c11-6-9-7-12(8-9)4-3-10-2-1-5-13-10/h9-10H,1-8,11H2. The Morgan fingerprint density at radius 3 is 2.85 bits per heavy atom. The van der Waals surface area contributed by atoms with E-state index in [9.17, 15) is 0 Å². The zero-order valence-corrected chi connectivity index (χ0v) is 8.24. The lowest BCUT2D eigenvalue weighted by atomic mass is 10.00. The first-order valence-corrected chi connectivity index (χ1v) is 5.42. The van der Waals surface area contributed by atoms with Crippen molar-refractivity contribution in [1.82, 2.24) is 4.90 Å². The van der Waals surface area contributed by atoms with Gasteiger partial charge in [0.1, 0.15) is 0 Å². The Bertz CT molecular complexity index is 151. The number of likely N-dealkylation sites (tertiary alicyclic amines) is 1. The fourth-order valence-corrected chi connectivity index (χ4v) is 2.21. The summed E-state index contributed by atoms with van der Waals surface area (Å²) in [6.45, 7) is 5.47. The van der Waals surface area contributed by atoms with E-state index < -0.39 is 0 Å². The highest BCUT2D eigenvalue weighted by Crippen LogP contribution is 2.19. The fraction of sp³-hybridized carbons (Fsp3) is 1.00. The molecule has 2 heterocycles. The molecule has 0 saturated carbocycles. The van der Waals surface area contributed by atoms with Crippen LogP contribution in [0, 0.1) is 5.92 Å². The lowest BCUT2D eigenvalue weighted by Gasteiger charge is -2.39. The Hall–Kier alpha value is -0.120. The van der Waals surface area contributed by atoms with Gasteiger partial charge in [0.25, 0.3) is 0 Å². The maximum Gasteiger partial charge on any atom is 0.0588 e. The summed E-state index contributed by atoms with van der Waals surface area (Å²) in [5.41, 5.74) is 5.56. The van der Waals surface area contributed by atoms with Crippen molar-refractivity contribution >= 4 is 0 Å². The van der Waals surface area contributed by atoms with Gasteiger partial charge in [0.2, 0.25) is 0 Å². The van der Waals surface area contributed by atoms with E-state index in [0.29, 0.717) is 6.10 Å². The van der Waals surface area contributed by atoms with Crippen molar-refractivity contribution in [1.29, 1.82) is 0 Å². The van der Waals surface area contributed by atoms with E-state index in [1.54, 1.807) is 0 Å². The van der Waals surface area contributed by atoms with E-state index in [0.717, 1.165) is 19.1 Å². The monoisotopic (exact) mass is 184 g/mol. The first kappa shape index (κ1) is 9.44. The van der Waals surface area contributed by atoms with E-state index in [4.69, 9.17) is 10.5 Å². The number of rotatable bonds is 4. The van der Waals surface area contributed by atoms with Gasteiger partial charge >= 0.3 is 0 Å². The van der Waals surface area contributed by atoms with Crippen molar-refractivity contribution in [2.45, 2.75) is 25.4 Å². The number of nitrogens with two attached hydrogens (primary N) is 1. The molecule has 0 bridgehead atoms. The molecule has 0 aromatic rings. The fourth-order valence-electron chi connectivity index (χ4n) is 2.21. The van der Waals surface area contributed by atoms with E-state index in [1.807, 2.05) is 0 Å². The van der Waals surface area contributed by atoms with Crippen LogP contribution in [0.1, 0.15) is 19.3 Å². The third-order valence-electron chi connectivity index (χ3n) is 3.16. The van der Waals surface area contributed by atoms with Crippen LogP contribution in [0.5, 0.6) is 0 Å². The Kier molecular flexibility index (Phi) is 3.19. The molecule has 2 aliphatic heterocycles. The summed E-state index contributed by atoms with van der Waals surface area (Å²) in [6, 6.07) is 0. The normalized spacial score (nSPS) is 30.7. The molecule has 0 amide bonds. The van der Waals surface area contributed by atoms with Crippen LogP contribution < -0.4 is 5.73 Å². The molecule has 0 aromatic heterocycles. The summed E-state index contributed by atoms with van der Waals surface area (Å²) < 4.78 is 5.57. The van der Waals surface area contributed by atoms with Gasteiger partial charge in [-0.05, 0) is 31.7 Å². The van der Waals surface area contributed by atoms with Crippen LogP contribution in [0.3, 0.4) is 0 Å². The molecule has 13 heavy (non-hydrogen) atoms. The number of hydrogen-bond donors (Lipinski definition) is 1. The second kappa shape index (κ2) is 4.40. The molecule has 0 aliphatic carbocycles. The average molecular weight is 184 g/mol. The molecule has 76 valence electrons. The molecule has 3 heteroatoms. The second-order valence-corrected chi connectivity index (χ2v) is 4.29. The quantitative estimate of drug-likeness (QED) is 0.689. The number of hydrogen-bond acceptors (Lipinski definition) is 3. The van der Waals surface area contributed by atoms with Gasteiger partial charge in [0.05, 0.1) is 6.10 Å². The van der Waals surface area contributed by atoms with Crippen LogP contribution in [-0.4, -0.2) is 43.8 Å². The molecule has 2 N–H and O–H groups in total. The van der Waals surface area contributed by atoms with E-state index in [2.05, 4.69) is 4.90 Å². The van der Waals surface area contributed by atoms with Gasteiger partial charge in [-0.2, -0.15) is 0 Å². The summed E-state index contributed by atoms with van der Waals surface area (Å²) in [7, 11) is 0. The van der Waals surface area contributed by atoms with Gasteiger partial charge in [0, 0.05) is 26.2 Å². The van der Waals surface area contributed by atoms with E-state index in [1.165, 1.54) is 38.9 Å². The summed E-state index contributed by atoms with van der Waals surface area (Å²) in [5, 5.41) is 0. The molecular formula is C10H20N2O. The second-order valence-electron chi connectivity index (χ2n) is 4.29. The van der Waals surface area contributed by atoms with E-state index in [-0.39, 0.29) is 0 Å². The van der Waals surface area contributed by atoms with Gasteiger partial charge < -0.3 is 15.4 Å². The minimum absolute atomic E-state index is 0.553. The van der Waals surface area contributed by atoms with Gasteiger partial charge in [-0.15, -0.1) is 0 Å². The molecule has 2 saturated heterocycles. The van der Waals surface area contributed by atoms with Crippen molar-refractivity contribution in [3.05, 3.63) is 0 Å². The van der Waals surface area contributed by atoms with Gasteiger partial charge in [0.15, 0.2) is 0 Å². The molecule has 1 unspecified atom stereocenters. The average Bonchev–Trinajstić information content (AvgIpc) is 2.54. The molecule has 0 radical (unpaired) electrons. The Morgan fingerprint density at radius 2 is 2.23 bits per heavy atom. The first-order chi connectivity index (χ1) is 6.38. The van der Waals surface area contributed by atoms with Crippen molar-refractivity contribution in [2.75, 3.05) is 32.8 Å². The largest absolute Gasteiger partial charge is 0.378 e. The SMILES string of the molecule is NCC1CN(CCC2CCCO2)C1. The first-order valence-electron chi connectivity index (χ1n) is 5.42. The van der Waals surface area contributed by atoms with Crippen LogP contribution in [0.15, 0.2) is 0 Å². The zero-order chi connectivity index (χ0) is 9.10. The van der Waals surface area contributed by atoms with Crippen LogP contribution in [-0.2, 0) is 4.74 Å². The van der Waals surface area contributed by atoms with Gasteiger partial charge in [-0.25, -0.2) is 0 Å². The maximum absolute atomic E-state index is 5.57. The Morgan fingerprint density at radius 1 is 1.38 bits per heavy atom. The smallest absolute Gasteiger partial charge is 0.0588 e. The summed E-state index contributed by atoms with van der Waals surface area (Å²) in [4.78, 5) is 2.49. The molecule has 2 fully saturated rings. The van der Waals surface area contributed by atoms with E-state index >= 15 is 0 Å². The third kappa shape index (κ3) is 2.42. The lowest BCUT2D eigenvalue weighted by molar-refractivity contribution is 0.0599. The summed E-state index contributed by atoms with van der Waals surface area (Å²) in [5.74, 6) is 0.768. The minimum atomic E-state index is 0.553. The summed E-state index contributed by atoms with van der Waals surface area (Å²) >= 11 is 0. The number of ether oxygens (including phenoxy) is 1. The van der Waals surface area contributed by atoms with Crippen LogP contribution in [0.25, 0.3) is 0 Å². The molecule has 1 atom stereocenters. The number of nitrogens with zero attached hydrogens (tertiary/aromatic N) is 1. The van der Waals surface area contributed by atoms with Crippen LogP contribution >= 0.6 is 0 Å². The zero-order valence-electron chi connectivity index (χ0n) is 8.24. The highest BCUT2D eigenvalue weighted by molar-refractivity contribution is 4.81. The highest BCUT2D eigenvalue weighted by Gasteiger charge is 2.26. The molecule has 0 aromatic carbocycles. The highest BCUT2D eigenvalue weighted by atomic mass is 16.5. The Balaban J connectivity index is 1.54. The predicted molar refractivity (Wildman–Crippen MR) is 52.6 cm³/mol. The predicted octanol–water partition coefficient (Wildman–Crippen LogP) is 0.446. The van der Waals surface area contributed by atoms with Crippen molar-refractivity contribution in [3.63, 3.8) is 0 Å².